The number of aromatic hydroxyl groups is 1. The number of nitrogens with zero attached hydrogens (tertiary/aromatic N) is 2. The molecule has 1 amide bonds. The van der Waals surface area contributed by atoms with Gasteiger partial charge in [0.2, 0.25) is 5.88 Å². The minimum Gasteiger partial charge on any atom is -0.494 e. The zero-order chi connectivity index (χ0) is 15.1. The molecule has 0 unspecified atom stereocenters. The molecule has 4 rings (SSSR count). The summed E-state index contributed by atoms with van der Waals surface area (Å²) in [7, 11) is 0. The van der Waals surface area contributed by atoms with Crippen LogP contribution in [0.25, 0.3) is 5.69 Å². The topological polar surface area (TPSA) is 54.6 Å². The van der Waals surface area contributed by atoms with Gasteiger partial charge in [0.1, 0.15) is 0 Å². The van der Waals surface area contributed by atoms with Crippen LogP contribution in [0.5, 0.6) is 5.88 Å². The lowest BCUT2D eigenvalue weighted by atomic mass is 10.0. The van der Waals surface area contributed by atoms with Crippen LogP contribution in [0.2, 0.25) is 0 Å². The summed E-state index contributed by atoms with van der Waals surface area (Å²) in [6, 6.07) is 18.8. The average Bonchev–Trinajstić information content (AvgIpc) is 3.08. The smallest absolute Gasteiger partial charge is 0.279 e. The van der Waals surface area contributed by atoms with Gasteiger partial charge in [0.15, 0.2) is 0 Å². The van der Waals surface area contributed by atoms with Gasteiger partial charge < -0.3 is 5.11 Å². The van der Waals surface area contributed by atoms with E-state index < -0.39 is 0 Å². The first-order valence-electron chi connectivity index (χ1n) is 6.94. The molecular weight excluding hydrogens is 276 g/mol. The Hall–Kier alpha value is -3.14. The van der Waals surface area contributed by atoms with Gasteiger partial charge >= 0.3 is 0 Å². The normalized spacial score (nSPS) is 13.1. The molecule has 1 N–H and O–H groups in total. The highest BCUT2D eigenvalue weighted by atomic mass is 16.3. The van der Waals surface area contributed by atoms with Crippen molar-refractivity contribution in [1.29, 1.82) is 0 Å². The summed E-state index contributed by atoms with van der Waals surface area (Å²) in [5, 5.41) is 10.6. The maximum atomic E-state index is 12.1. The standard InChI is InChI=1S/C18H12N2O2/c21-17-14-11-20(13-9-5-2-6-10-13)18(22)15(14)16(19-17)12-7-3-1-4-8-12/h1-11,22H. The Balaban J connectivity index is 1.91. The van der Waals surface area contributed by atoms with E-state index in [9.17, 15) is 9.90 Å². The van der Waals surface area contributed by atoms with E-state index in [1.807, 2.05) is 60.7 Å². The lowest BCUT2D eigenvalue weighted by Gasteiger charge is -2.06. The number of hydrogen-bond acceptors (Lipinski definition) is 2. The van der Waals surface area contributed by atoms with Crippen molar-refractivity contribution in [1.82, 2.24) is 4.57 Å². The molecule has 0 radical (unpaired) electrons. The van der Waals surface area contributed by atoms with Crippen LogP contribution in [0.4, 0.5) is 0 Å². The molecule has 0 spiro atoms. The van der Waals surface area contributed by atoms with E-state index in [2.05, 4.69) is 4.99 Å². The highest BCUT2D eigenvalue weighted by molar-refractivity contribution is 6.28. The Morgan fingerprint density at radius 3 is 2.23 bits per heavy atom. The van der Waals surface area contributed by atoms with Gasteiger partial charge in [-0.25, -0.2) is 4.99 Å². The van der Waals surface area contributed by atoms with Crippen LogP contribution in [0.1, 0.15) is 21.5 Å². The predicted molar refractivity (Wildman–Crippen MR) is 83.8 cm³/mol. The van der Waals surface area contributed by atoms with Crippen molar-refractivity contribution in [3.8, 4) is 11.6 Å². The number of fused-ring (bicyclic) bond motifs is 1. The first kappa shape index (κ1) is 12.6. The first-order chi connectivity index (χ1) is 10.8. The number of carbonyl (C=O) groups excluding carboxylic acids is 1. The van der Waals surface area contributed by atoms with Crippen molar-refractivity contribution in [3.05, 3.63) is 83.6 Å². The molecule has 0 bridgehead atoms. The Bertz CT molecular complexity index is 894. The lowest BCUT2D eigenvalue weighted by molar-refractivity contribution is 0.101. The fraction of sp³-hybridized carbons (Fsp3) is 0. The minimum atomic E-state index is -0.321. The largest absolute Gasteiger partial charge is 0.494 e. The molecule has 1 aliphatic heterocycles. The van der Waals surface area contributed by atoms with Gasteiger partial charge in [0.05, 0.1) is 16.8 Å². The summed E-state index contributed by atoms with van der Waals surface area (Å²) < 4.78 is 1.61. The number of para-hydroxylation sites is 1. The molecule has 2 aromatic carbocycles. The van der Waals surface area contributed by atoms with Crippen molar-refractivity contribution < 1.29 is 9.90 Å². The van der Waals surface area contributed by atoms with E-state index in [0.29, 0.717) is 16.8 Å². The maximum Gasteiger partial charge on any atom is 0.279 e. The maximum absolute atomic E-state index is 12.1. The summed E-state index contributed by atoms with van der Waals surface area (Å²) in [6.07, 6.45) is 1.64. The Morgan fingerprint density at radius 1 is 0.909 bits per heavy atom. The van der Waals surface area contributed by atoms with Gasteiger partial charge in [-0.15, -0.1) is 0 Å². The summed E-state index contributed by atoms with van der Waals surface area (Å²) >= 11 is 0. The molecule has 0 fully saturated rings. The molecule has 0 aliphatic carbocycles. The van der Waals surface area contributed by atoms with Crippen molar-refractivity contribution in [2.24, 2.45) is 4.99 Å². The quantitative estimate of drug-likeness (QED) is 0.787. The first-order valence-corrected chi connectivity index (χ1v) is 6.94. The molecule has 1 aliphatic rings. The van der Waals surface area contributed by atoms with Crippen LogP contribution < -0.4 is 0 Å². The number of carbonyl (C=O) groups is 1. The lowest BCUT2D eigenvalue weighted by Crippen LogP contribution is -2.01. The zero-order valence-electron chi connectivity index (χ0n) is 11.6. The van der Waals surface area contributed by atoms with Crippen LogP contribution in [-0.2, 0) is 0 Å². The highest BCUT2D eigenvalue weighted by Crippen LogP contribution is 2.34. The number of hydrogen-bond donors (Lipinski definition) is 1. The Labute approximate surface area is 127 Å². The van der Waals surface area contributed by atoms with Gasteiger partial charge in [-0.1, -0.05) is 48.5 Å². The molecule has 1 aromatic heterocycles. The Kier molecular flexibility index (Phi) is 2.69. The van der Waals surface area contributed by atoms with Crippen LogP contribution in [0, 0.1) is 0 Å². The number of aliphatic imine (C=N–C) groups is 1. The molecule has 4 nitrogen and oxygen atoms in total. The third-order valence-corrected chi connectivity index (χ3v) is 3.74. The van der Waals surface area contributed by atoms with E-state index >= 15 is 0 Å². The highest BCUT2D eigenvalue weighted by Gasteiger charge is 2.31. The predicted octanol–water partition coefficient (Wildman–Crippen LogP) is 3.17. The second-order valence-electron chi connectivity index (χ2n) is 5.08. The van der Waals surface area contributed by atoms with E-state index in [1.165, 1.54) is 0 Å². The van der Waals surface area contributed by atoms with E-state index in [0.717, 1.165) is 11.3 Å². The molecule has 2 heterocycles. The fourth-order valence-corrected chi connectivity index (χ4v) is 2.70. The van der Waals surface area contributed by atoms with Crippen molar-refractivity contribution in [2.75, 3.05) is 0 Å². The number of benzene rings is 2. The second kappa shape index (κ2) is 4.70. The van der Waals surface area contributed by atoms with E-state index in [1.54, 1.807) is 10.8 Å². The van der Waals surface area contributed by atoms with Crippen LogP contribution >= 0.6 is 0 Å². The molecule has 4 heteroatoms. The molecule has 0 atom stereocenters. The van der Waals surface area contributed by atoms with E-state index in [-0.39, 0.29) is 11.8 Å². The van der Waals surface area contributed by atoms with Crippen LogP contribution in [0.3, 0.4) is 0 Å². The van der Waals surface area contributed by atoms with Crippen LogP contribution in [-0.4, -0.2) is 21.3 Å². The molecule has 22 heavy (non-hydrogen) atoms. The minimum absolute atomic E-state index is 0.0367. The number of aromatic nitrogens is 1. The molecule has 106 valence electrons. The number of rotatable bonds is 2. The summed E-state index contributed by atoms with van der Waals surface area (Å²) in [6.45, 7) is 0. The van der Waals surface area contributed by atoms with Gasteiger partial charge in [-0.2, -0.15) is 0 Å². The second-order valence-corrected chi connectivity index (χ2v) is 5.08. The van der Waals surface area contributed by atoms with Gasteiger partial charge in [-0.05, 0) is 12.1 Å². The van der Waals surface area contributed by atoms with Crippen molar-refractivity contribution in [3.63, 3.8) is 0 Å². The van der Waals surface area contributed by atoms with Crippen LogP contribution in [0.15, 0.2) is 71.9 Å². The van der Waals surface area contributed by atoms with Gasteiger partial charge in [-0.3, -0.25) is 9.36 Å². The Morgan fingerprint density at radius 2 is 1.55 bits per heavy atom. The molecule has 3 aromatic rings. The third kappa shape index (κ3) is 1.78. The van der Waals surface area contributed by atoms with E-state index in [4.69, 9.17) is 0 Å². The fourth-order valence-electron chi connectivity index (χ4n) is 2.70. The van der Waals surface area contributed by atoms with Crippen molar-refractivity contribution in [2.45, 2.75) is 0 Å². The summed E-state index contributed by atoms with van der Waals surface area (Å²) in [5.74, 6) is -0.284. The van der Waals surface area contributed by atoms with Crippen molar-refractivity contribution >= 4 is 11.6 Å². The molecular formula is C18H12N2O2. The SMILES string of the molecule is O=C1N=C(c2ccccc2)c2c1cn(-c1ccccc1)c2O. The van der Waals surface area contributed by atoms with Gasteiger partial charge in [0, 0.05) is 17.4 Å². The average molecular weight is 288 g/mol. The van der Waals surface area contributed by atoms with Gasteiger partial charge in [0.25, 0.3) is 5.91 Å². The molecule has 0 saturated carbocycles. The zero-order valence-corrected chi connectivity index (χ0v) is 11.6. The number of amides is 1. The summed E-state index contributed by atoms with van der Waals surface area (Å²) in [5.41, 5.74) is 3.07. The summed E-state index contributed by atoms with van der Waals surface area (Å²) in [4.78, 5) is 16.2. The molecule has 0 saturated heterocycles. The monoisotopic (exact) mass is 288 g/mol. The third-order valence-electron chi connectivity index (χ3n) is 3.74.